The molecule has 0 radical (unpaired) electrons. The molecule has 1 aromatic heterocycles. The van der Waals surface area contributed by atoms with Crippen molar-refractivity contribution < 1.29 is 9.53 Å². The Morgan fingerprint density at radius 1 is 0.966 bits per heavy atom. The summed E-state index contributed by atoms with van der Waals surface area (Å²) in [5.41, 5.74) is 4.08. The molecule has 0 saturated heterocycles. The Balaban J connectivity index is 2.10. The highest BCUT2D eigenvalue weighted by atomic mass is 16.5. The minimum absolute atomic E-state index is 0.280. The molecule has 0 spiro atoms. The Morgan fingerprint density at radius 2 is 1.62 bits per heavy atom. The number of aromatic nitrogens is 1. The van der Waals surface area contributed by atoms with Gasteiger partial charge in [0.25, 0.3) is 0 Å². The molecule has 5 heteroatoms. The first-order valence-corrected chi connectivity index (χ1v) is 9.44. The average molecular weight is 385 g/mol. The minimum Gasteiger partial charge on any atom is -0.450 e. The molecule has 1 N–H and O–H groups in total. The summed E-state index contributed by atoms with van der Waals surface area (Å²) in [7, 11) is 0. The van der Waals surface area contributed by atoms with Crippen LogP contribution in [0.1, 0.15) is 29.4 Å². The van der Waals surface area contributed by atoms with Gasteiger partial charge in [0.15, 0.2) is 0 Å². The van der Waals surface area contributed by atoms with Gasteiger partial charge in [0.2, 0.25) is 0 Å². The maximum absolute atomic E-state index is 12.1. The van der Waals surface area contributed by atoms with Crippen LogP contribution in [0.3, 0.4) is 0 Å². The third-order valence-corrected chi connectivity index (χ3v) is 4.04. The molecule has 1 heterocycles. The number of aryl methyl sites for hydroxylation is 1. The number of carbonyl (C=O) groups is 1. The number of aliphatic imine (C=N–C) groups is 1. The zero-order valence-corrected chi connectivity index (χ0v) is 16.5. The fourth-order valence-electron chi connectivity index (χ4n) is 2.72. The monoisotopic (exact) mass is 385 g/mol. The van der Waals surface area contributed by atoms with Crippen molar-refractivity contribution in [1.29, 1.82) is 0 Å². The molecule has 0 bridgehead atoms. The van der Waals surface area contributed by atoms with Crippen molar-refractivity contribution in [1.82, 2.24) is 10.3 Å². The predicted molar refractivity (Wildman–Crippen MR) is 116 cm³/mol. The number of nitrogens with zero attached hydrogens (tertiary/aromatic N) is 2. The summed E-state index contributed by atoms with van der Waals surface area (Å²) in [4.78, 5) is 21.4. The van der Waals surface area contributed by atoms with Gasteiger partial charge in [-0.05, 0) is 32.1 Å². The molecular weight excluding hydrogens is 362 g/mol. The van der Waals surface area contributed by atoms with E-state index in [0.29, 0.717) is 11.5 Å². The highest BCUT2D eigenvalue weighted by molar-refractivity contribution is 6.09. The summed E-state index contributed by atoms with van der Waals surface area (Å²) in [6.07, 6.45) is 1.36. The van der Waals surface area contributed by atoms with Gasteiger partial charge in [0.1, 0.15) is 5.84 Å². The number of amides is 1. The van der Waals surface area contributed by atoms with E-state index >= 15 is 0 Å². The Hall–Kier alpha value is -3.73. The van der Waals surface area contributed by atoms with Crippen molar-refractivity contribution in [2.75, 3.05) is 6.61 Å². The van der Waals surface area contributed by atoms with Crippen LogP contribution in [0.15, 0.2) is 83.9 Å². The van der Waals surface area contributed by atoms with Crippen molar-refractivity contribution in [3.8, 4) is 0 Å². The third-order valence-electron chi connectivity index (χ3n) is 4.04. The summed E-state index contributed by atoms with van der Waals surface area (Å²) in [5, 5.41) is 2.76. The van der Waals surface area contributed by atoms with Crippen LogP contribution in [0, 0.1) is 6.92 Å². The van der Waals surface area contributed by atoms with E-state index in [-0.39, 0.29) is 6.61 Å². The fourth-order valence-corrected chi connectivity index (χ4v) is 2.72. The summed E-state index contributed by atoms with van der Waals surface area (Å²) < 4.78 is 5.05. The van der Waals surface area contributed by atoms with Gasteiger partial charge in [0, 0.05) is 16.8 Å². The van der Waals surface area contributed by atoms with Crippen LogP contribution in [0.4, 0.5) is 4.79 Å². The van der Waals surface area contributed by atoms with Crippen LogP contribution in [0.2, 0.25) is 0 Å². The lowest BCUT2D eigenvalue weighted by molar-refractivity contribution is 0.158. The van der Waals surface area contributed by atoms with Crippen LogP contribution in [-0.4, -0.2) is 23.5 Å². The molecule has 0 aliphatic heterocycles. The van der Waals surface area contributed by atoms with E-state index in [1.807, 2.05) is 91.9 Å². The Labute approximate surface area is 170 Å². The minimum atomic E-state index is -0.545. The SMILES string of the molecule is CCOC(=O)NC(=N/C(=C/c1cccc(C)n1)c1ccccc1)c1ccccc1. The number of benzene rings is 2. The second-order valence-corrected chi connectivity index (χ2v) is 6.27. The van der Waals surface area contributed by atoms with E-state index in [1.165, 1.54) is 0 Å². The van der Waals surface area contributed by atoms with Gasteiger partial charge < -0.3 is 4.74 Å². The van der Waals surface area contributed by atoms with Crippen LogP contribution in [0.5, 0.6) is 0 Å². The van der Waals surface area contributed by atoms with E-state index in [1.54, 1.807) is 6.92 Å². The van der Waals surface area contributed by atoms with Crippen molar-refractivity contribution in [3.63, 3.8) is 0 Å². The first-order valence-electron chi connectivity index (χ1n) is 9.44. The van der Waals surface area contributed by atoms with Gasteiger partial charge in [-0.2, -0.15) is 0 Å². The number of carbonyl (C=O) groups excluding carboxylic acids is 1. The number of alkyl carbamates (subject to hydrolysis) is 1. The van der Waals surface area contributed by atoms with Crippen molar-refractivity contribution >= 4 is 23.7 Å². The number of hydrogen-bond donors (Lipinski definition) is 1. The number of hydrogen-bond acceptors (Lipinski definition) is 4. The molecule has 0 aliphatic rings. The number of nitrogens with one attached hydrogen (secondary N) is 1. The number of amidine groups is 1. The smallest absolute Gasteiger partial charge is 0.412 e. The first-order chi connectivity index (χ1) is 14.2. The molecular formula is C24H23N3O2. The maximum atomic E-state index is 12.1. The molecule has 0 saturated carbocycles. The van der Waals surface area contributed by atoms with Crippen molar-refractivity contribution in [2.24, 2.45) is 4.99 Å². The standard InChI is InChI=1S/C24H23N3O2/c1-3-29-24(28)27-23(20-14-8-5-9-15-20)26-22(19-12-6-4-7-13-19)17-21-16-10-11-18(2)25-21/h4-17H,3H2,1-2H3,(H,26,27,28)/b22-17+. The predicted octanol–water partition coefficient (Wildman–Crippen LogP) is 5.08. The van der Waals surface area contributed by atoms with Crippen LogP contribution in [-0.2, 0) is 4.74 Å². The molecule has 29 heavy (non-hydrogen) atoms. The molecule has 2 aromatic carbocycles. The van der Waals surface area contributed by atoms with E-state index in [2.05, 4.69) is 10.3 Å². The molecule has 0 fully saturated rings. The van der Waals surface area contributed by atoms with Crippen LogP contribution >= 0.6 is 0 Å². The maximum Gasteiger partial charge on any atom is 0.412 e. The zero-order chi connectivity index (χ0) is 20.5. The topological polar surface area (TPSA) is 63.6 Å². The van der Waals surface area contributed by atoms with Crippen LogP contribution < -0.4 is 5.32 Å². The second-order valence-electron chi connectivity index (χ2n) is 6.27. The number of pyridine rings is 1. The van der Waals surface area contributed by atoms with Gasteiger partial charge >= 0.3 is 6.09 Å². The third kappa shape index (κ3) is 5.87. The Kier molecular flexibility index (Phi) is 6.90. The summed E-state index contributed by atoms with van der Waals surface area (Å²) >= 11 is 0. The second kappa shape index (κ2) is 9.99. The number of rotatable bonds is 5. The fraction of sp³-hybridized carbons (Fsp3) is 0.125. The normalized spacial score (nSPS) is 11.8. The Bertz CT molecular complexity index is 1010. The Morgan fingerprint density at radius 3 is 2.24 bits per heavy atom. The van der Waals surface area contributed by atoms with E-state index < -0.39 is 6.09 Å². The molecule has 0 unspecified atom stereocenters. The zero-order valence-electron chi connectivity index (χ0n) is 16.5. The summed E-state index contributed by atoms with van der Waals surface area (Å²) in [6, 6.07) is 25.1. The molecule has 3 aromatic rings. The first kappa shape index (κ1) is 20.0. The van der Waals surface area contributed by atoms with Gasteiger partial charge in [-0.15, -0.1) is 0 Å². The summed E-state index contributed by atoms with van der Waals surface area (Å²) in [5.74, 6) is 0.409. The van der Waals surface area contributed by atoms with Crippen LogP contribution in [0.25, 0.3) is 11.8 Å². The highest BCUT2D eigenvalue weighted by Crippen LogP contribution is 2.20. The lowest BCUT2D eigenvalue weighted by Gasteiger charge is -2.11. The lowest BCUT2D eigenvalue weighted by atomic mass is 10.1. The van der Waals surface area contributed by atoms with Gasteiger partial charge in [-0.25, -0.2) is 9.79 Å². The quantitative estimate of drug-likeness (QED) is 0.492. The van der Waals surface area contributed by atoms with E-state index in [0.717, 1.165) is 22.5 Å². The van der Waals surface area contributed by atoms with Crippen molar-refractivity contribution in [3.05, 3.63) is 101 Å². The molecule has 146 valence electrons. The molecule has 0 atom stereocenters. The van der Waals surface area contributed by atoms with E-state index in [9.17, 15) is 4.79 Å². The van der Waals surface area contributed by atoms with Crippen molar-refractivity contribution in [2.45, 2.75) is 13.8 Å². The number of ether oxygens (including phenoxy) is 1. The molecule has 5 nitrogen and oxygen atoms in total. The van der Waals surface area contributed by atoms with Gasteiger partial charge in [0.05, 0.1) is 18.0 Å². The van der Waals surface area contributed by atoms with Gasteiger partial charge in [-0.3, -0.25) is 10.3 Å². The lowest BCUT2D eigenvalue weighted by Crippen LogP contribution is -2.32. The largest absolute Gasteiger partial charge is 0.450 e. The molecule has 0 aliphatic carbocycles. The molecule has 1 amide bonds. The average Bonchev–Trinajstić information content (AvgIpc) is 2.74. The van der Waals surface area contributed by atoms with Gasteiger partial charge in [-0.1, -0.05) is 66.7 Å². The summed E-state index contributed by atoms with van der Waals surface area (Å²) in [6.45, 7) is 3.99. The van der Waals surface area contributed by atoms with E-state index in [4.69, 9.17) is 9.73 Å². The highest BCUT2D eigenvalue weighted by Gasteiger charge is 2.11. The molecule has 3 rings (SSSR count).